The van der Waals surface area contributed by atoms with Crippen LogP contribution in [0.15, 0.2) is 17.8 Å². The first kappa shape index (κ1) is 18.6. The van der Waals surface area contributed by atoms with E-state index in [2.05, 4.69) is 47.1 Å². The Bertz CT molecular complexity index is 775. The molecule has 0 bridgehead atoms. The highest BCUT2D eigenvalue weighted by Crippen LogP contribution is 2.31. The van der Waals surface area contributed by atoms with Crippen LogP contribution < -0.4 is 16.2 Å². The number of pyridine rings is 1. The molecule has 0 spiro atoms. The van der Waals surface area contributed by atoms with Gasteiger partial charge in [-0.3, -0.25) is 15.6 Å². The fourth-order valence-corrected chi connectivity index (χ4v) is 4.05. The maximum Gasteiger partial charge on any atom is 0.270 e. The molecular formula is C20H27N5O. The Morgan fingerprint density at radius 2 is 2.08 bits per heavy atom. The zero-order valence-corrected chi connectivity index (χ0v) is 15.9. The van der Waals surface area contributed by atoms with Crippen molar-refractivity contribution in [3.05, 3.63) is 40.2 Å². The van der Waals surface area contributed by atoms with Crippen LogP contribution in [0.3, 0.4) is 0 Å². The number of nitriles is 1. The molecule has 2 fully saturated rings. The summed E-state index contributed by atoms with van der Waals surface area (Å²) >= 11 is 0. The zero-order valence-electron chi connectivity index (χ0n) is 15.9. The van der Waals surface area contributed by atoms with Gasteiger partial charge in [0.05, 0.1) is 5.56 Å². The lowest BCUT2D eigenvalue weighted by Gasteiger charge is -2.33. The highest BCUT2D eigenvalue weighted by molar-refractivity contribution is 5.94. The number of carbonyl (C=O) groups is 1. The van der Waals surface area contributed by atoms with E-state index in [9.17, 15) is 4.79 Å². The van der Waals surface area contributed by atoms with Gasteiger partial charge in [0, 0.05) is 24.3 Å². The molecule has 1 aliphatic carbocycles. The van der Waals surface area contributed by atoms with Gasteiger partial charge in [-0.05, 0) is 64.0 Å². The summed E-state index contributed by atoms with van der Waals surface area (Å²) < 4.78 is 0. The van der Waals surface area contributed by atoms with Gasteiger partial charge in [0.1, 0.15) is 11.8 Å². The molecule has 3 N–H and O–H groups in total. The fraction of sp³-hybridized carbons (Fsp3) is 0.550. The van der Waals surface area contributed by atoms with E-state index in [-0.39, 0.29) is 11.9 Å². The van der Waals surface area contributed by atoms with Gasteiger partial charge in [-0.15, -0.1) is 0 Å². The standard InChI is InChI=1S/C20H27N5O/c1-11(2)7-18-16-8-15(5-6-17(16)24-25-18)23-20(26)19-13(4)12(3)14(9-21)10-22-19/h7,10,15-18,24-25H,5-6,8H2,1-4H3,(H,23,26). The Morgan fingerprint density at radius 3 is 2.77 bits per heavy atom. The third kappa shape index (κ3) is 3.64. The Morgan fingerprint density at radius 1 is 1.31 bits per heavy atom. The fourth-order valence-electron chi connectivity index (χ4n) is 4.05. The lowest BCUT2D eigenvalue weighted by Crippen LogP contribution is -2.45. The van der Waals surface area contributed by atoms with Gasteiger partial charge in [-0.1, -0.05) is 11.6 Å². The molecule has 3 rings (SSSR count). The molecule has 2 aliphatic rings. The molecule has 6 nitrogen and oxygen atoms in total. The highest BCUT2D eigenvalue weighted by Gasteiger charge is 2.39. The molecule has 6 heteroatoms. The van der Waals surface area contributed by atoms with Gasteiger partial charge in [0.25, 0.3) is 5.91 Å². The number of carbonyl (C=O) groups excluding carboxylic acids is 1. The average Bonchev–Trinajstić information content (AvgIpc) is 2.99. The topological polar surface area (TPSA) is 89.8 Å². The van der Waals surface area contributed by atoms with Crippen molar-refractivity contribution in [3.8, 4) is 6.07 Å². The second-order valence-corrected chi connectivity index (χ2v) is 7.69. The number of allylic oxidation sites excluding steroid dienone is 1. The van der Waals surface area contributed by atoms with Crippen molar-refractivity contribution in [1.29, 1.82) is 5.26 Å². The summed E-state index contributed by atoms with van der Waals surface area (Å²) in [6.45, 7) is 7.93. The molecular weight excluding hydrogens is 326 g/mol. The number of hydrazine groups is 1. The van der Waals surface area contributed by atoms with Crippen molar-refractivity contribution in [2.45, 2.75) is 65.1 Å². The van der Waals surface area contributed by atoms with Gasteiger partial charge in [0.2, 0.25) is 0 Å². The molecule has 1 aromatic heterocycles. The summed E-state index contributed by atoms with van der Waals surface area (Å²) in [5.74, 6) is 0.330. The number of hydrogen-bond donors (Lipinski definition) is 3. The first-order chi connectivity index (χ1) is 12.4. The van der Waals surface area contributed by atoms with Crippen LogP contribution in [-0.2, 0) is 0 Å². The first-order valence-corrected chi connectivity index (χ1v) is 9.24. The number of amides is 1. The van der Waals surface area contributed by atoms with Crippen molar-refractivity contribution < 1.29 is 4.79 Å². The molecule has 1 saturated heterocycles. The van der Waals surface area contributed by atoms with E-state index in [0.717, 1.165) is 30.4 Å². The molecule has 26 heavy (non-hydrogen) atoms. The van der Waals surface area contributed by atoms with Gasteiger partial charge in [-0.25, -0.2) is 4.98 Å². The summed E-state index contributed by atoms with van der Waals surface area (Å²) in [5, 5.41) is 12.3. The number of hydrogen-bond acceptors (Lipinski definition) is 5. The van der Waals surface area contributed by atoms with Crippen molar-refractivity contribution in [2.24, 2.45) is 5.92 Å². The van der Waals surface area contributed by atoms with Crippen LogP contribution in [0, 0.1) is 31.1 Å². The van der Waals surface area contributed by atoms with Crippen LogP contribution in [0.2, 0.25) is 0 Å². The number of nitrogens with zero attached hydrogens (tertiary/aromatic N) is 2. The number of fused-ring (bicyclic) bond motifs is 1. The summed E-state index contributed by atoms with van der Waals surface area (Å²) in [7, 11) is 0. The maximum absolute atomic E-state index is 12.7. The Labute approximate surface area is 155 Å². The number of nitrogens with one attached hydrogen (secondary N) is 3. The second-order valence-electron chi connectivity index (χ2n) is 7.69. The predicted molar refractivity (Wildman–Crippen MR) is 100 cm³/mol. The molecule has 138 valence electrons. The molecule has 0 aromatic carbocycles. The Kier molecular flexibility index (Phi) is 5.40. The molecule has 1 aromatic rings. The van der Waals surface area contributed by atoms with Crippen molar-refractivity contribution in [2.75, 3.05) is 0 Å². The van der Waals surface area contributed by atoms with E-state index in [1.54, 1.807) is 0 Å². The zero-order chi connectivity index (χ0) is 18.8. The maximum atomic E-state index is 12.7. The van der Waals surface area contributed by atoms with E-state index in [4.69, 9.17) is 5.26 Å². The van der Waals surface area contributed by atoms with Gasteiger partial charge >= 0.3 is 0 Å². The quantitative estimate of drug-likeness (QED) is 0.726. The highest BCUT2D eigenvalue weighted by atomic mass is 16.1. The van der Waals surface area contributed by atoms with E-state index in [1.165, 1.54) is 11.8 Å². The second kappa shape index (κ2) is 7.56. The van der Waals surface area contributed by atoms with Gasteiger partial charge in [0.15, 0.2) is 0 Å². The Hall–Kier alpha value is -2.23. The van der Waals surface area contributed by atoms with E-state index >= 15 is 0 Å². The largest absolute Gasteiger partial charge is 0.348 e. The minimum absolute atomic E-state index is 0.142. The lowest BCUT2D eigenvalue weighted by molar-refractivity contribution is 0.0910. The minimum Gasteiger partial charge on any atom is -0.348 e. The molecule has 4 atom stereocenters. The molecule has 1 saturated carbocycles. The summed E-state index contributed by atoms with van der Waals surface area (Å²) in [6.07, 6.45) is 6.69. The summed E-state index contributed by atoms with van der Waals surface area (Å²) in [6, 6.07) is 3.03. The van der Waals surface area contributed by atoms with Crippen LogP contribution in [0.25, 0.3) is 0 Å². The van der Waals surface area contributed by atoms with Crippen LogP contribution in [-0.4, -0.2) is 29.0 Å². The third-order valence-corrected chi connectivity index (χ3v) is 5.62. The lowest BCUT2D eigenvalue weighted by atomic mass is 9.78. The first-order valence-electron chi connectivity index (χ1n) is 9.24. The SMILES string of the molecule is CC(C)=CC1NNC2CCC(NC(=O)c3ncc(C#N)c(C)c3C)CC12. The number of rotatable bonds is 3. The third-order valence-electron chi connectivity index (χ3n) is 5.62. The van der Waals surface area contributed by atoms with Crippen LogP contribution in [0.5, 0.6) is 0 Å². The molecule has 0 radical (unpaired) electrons. The molecule has 4 unspecified atom stereocenters. The minimum atomic E-state index is -0.142. The van der Waals surface area contributed by atoms with E-state index in [0.29, 0.717) is 29.3 Å². The summed E-state index contributed by atoms with van der Waals surface area (Å²) in [5.41, 5.74) is 10.6. The molecule has 1 amide bonds. The van der Waals surface area contributed by atoms with Crippen molar-refractivity contribution in [3.63, 3.8) is 0 Å². The number of aromatic nitrogens is 1. The van der Waals surface area contributed by atoms with Crippen molar-refractivity contribution >= 4 is 5.91 Å². The monoisotopic (exact) mass is 353 g/mol. The van der Waals surface area contributed by atoms with Gasteiger partial charge in [-0.2, -0.15) is 5.26 Å². The predicted octanol–water partition coefficient (Wildman–Crippen LogP) is 2.28. The van der Waals surface area contributed by atoms with E-state index in [1.807, 2.05) is 13.8 Å². The van der Waals surface area contributed by atoms with Crippen LogP contribution in [0.1, 0.15) is 60.3 Å². The van der Waals surface area contributed by atoms with Crippen molar-refractivity contribution in [1.82, 2.24) is 21.2 Å². The molecule has 2 heterocycles. The molecule has 1 aliphatic heterocycles. The van der Waals surface area contributed by atoms with E-state index < -0.39 is 0 Å². The van der Waals surface area contributed by atoms with Crippen LogP contribution >= 0.6 is 0 Å². The van der Waals surface area contributed by atoms with Gasteiger partial charge < -0.3 is 5.32 Å². The average molecular weight is 353 g/mol. The smallest absolute Gasteiger partial charge is 0.270 e. The Balaban J connectivity index is 1.70. The van der Waals surface area contributed by atoms with Crippen LogP contribution in [0.4, 0.5) is 0 Å². The summed E-state index contributed by atoms with van der Waals surface area (Å²) in [4.78, 5) is 17.0. The normalized spacial score (nSPS) is 27.3.